The van der Waals surface area contributed by atoms with Crippen molar-refractivity contribution in [2.45, 2.75) is 34.1 Å². The topological polar surface area (TPSA) is 37.8 Å². The zero-order chi connectivity index (χ0) is 13.8. The summed E-state index contributed by atoms with van der Waals surface area (Å²) in [6, 6.07) is 8.41. The van der Waals surface area contributed by atoms with Gasteiger partial charge in [0.2, 0.25) is 0 Å². The summed E-state index contributed by atoms with van der Waals surface area (Å²) in [6.45, 7) is 9.44. The van der Waals surface area contributed by atoms with E-state index in [0.29, 0.717) is 0 Å². The predicted octanol–water partition coefficient (Wildman–Crippen LogP) is 3.89. The van der Waals surface area contributed by atoms with Crippen molar-refractivity contribution in [3.05, 3.63) is 41.0 Å². The molecule has 1 N–H and O–H groups in total. The van der Waals surface area contributed by atoms with Gasteiger partial charge in [-0.3, -0.25) is 0 Å². The Morgan fingerprint density at radius 1 is 0.947 bits per heavy atom. The summed E-state index contributed by atoms with van der Waals surface area (Å²) in [4.78, 5) is 0. The molecule has 0 saturated heterocycles. The molecule has 2 rings (SSSR count). The lowest BCUT2D eigenvalue weighted by molar-refractivity contribution is 0.945. The van der Waals surface area contributed by atoms with Crippen LogP contribution in [0.4, 0.5) is 5.82 Å². The molecule has 0 saturated carbocycles. The highest BCUT2D eigenvalue weighted by Gasteiger charge is 2.06. The lowest BCUT2D eigenvalue weighted by Gasteiger charge is -2.09. The van der Waals surface area contributed by atoms with Gasteiger partial charge >= 0.3 is 0 Å². The number of rotatable bonds is 4. The van der Waals surface area contributed by atoms with Crippen LogP contribution < -0.4 is 5.32 Å². The van der Waals surface area contributed by atoms with Crippen LogP contribution in [0.15, 0.2) is 24.3 Å². The van der Waals surface area contributed by atoms with E-state index in [0.717, 1.165) is 30.0 Å². The molecular weight excluding hydrogens is 234 g/mol. The molecule has 1 aromatic heterocycles. The van der Waals surface area contributed by atoms with Gasteiger partial charge in [-0.25, -0.2) is 0 Å². The number of nitrogens with zero attached hydrogens (tertiary/aromatic N) is 2. The first-order valence-corrected chi connectivity index (χ1v) is 6.77. The summed E-state index contributed by atoms with van der Waals surface area (Å²) in [7, 11) is 0. The lowest BCUT2D eigenvalue weighted by Crippen LogP contribution is -2.03. The number of benzene rings is 1. The highest BCUT2D eigenvalue weighted by molar-refractivity contribution is 5.65. The van der Waals surface area contributed by atoms with Gasteiger partial charge in [-0.15, -0.1) is 10.2 Å². The highest BCUT2D eigenvalue weighted by atomic mass is 15.2. The summed E-state index contributed by atoms with van der Waals surface area (Å²) in [5.41, 5.74) is 5.94. The monoisotopic (exact) mass is 255 g/mol. The van der Waals surface area contributed by atoms with Crippen molar-refractivity contribution in [3.8, 4) is 11.3 Å². The standard InChI is InChI=1S/C16H21N3/c1-5-8-17-16-7-6-15(18-19-16)14-10-12(3)11(2)9-13(14)4/h6-7,9-10H,5,8H2,1-4H3,(H,17,19). The maximum atomic E-state index is 4.32. The SMILES string of the molecule is CCCNc1ccc(-c2cc(C)c(C)cc2C)nn1. The van der Waals surface area contributed by atoms with Crippen LogP contribution in [0.3, 0.4) is 0 Å². The van der Waals surface area contributed by atoms with Gasteiger partial charge in [0.1, 0.15) is 5.82 Å². The van der Waals surface area contributed by atoms with Gasteiger partial charge in [-0.05, 0) is 62.1 Å². The Balaban J connectivity index is 2.29. The Morgan fingerprint density at radius 2 is 1.68 bits per heavy atom. The molecule has 0 aliphatic carbocycles. The van der Waals surface area contributed by atoms with Crippen molar-refractivity contribution in [1.29, 1.82) is 0 Å². The van der Waals surface area contributed by atoms with E-state index in [1.807, 2.05) is 12.1 Å². The molecule has 0 aliphatic rings. The number of nitrogens with one attached hydrogen (secondary N) is 1. The number of aryl methyl sites for hydroxylation is 3. The Kier molecular flexibility index (Phi) is 4.15. The summed E-state index contributed by atoms with van der Waals surface area (Å²) in [5.74, 6) is 0.840. The van der Waals surface area contributed by atoms with Crippen LogP contribution in [0.1, 0.15) is 30.0 Å². The molecule has 0 unspecified atom stereocenters. The second kappa shape index (κ2) is 5.83. The van der Waals surface area contributed by atoms with E-state index in [4.69, 9.17) is 0 Å². The minimum atomic E-state index is 0.840. The van der Waals surface area contributed by atoms with Crippen LogP contribution in [0.2, 0.25) is 0 Å². The fraction of sp³-hybridized carbons (Fsp3) is 0.375. The van der Waals surface area contributed by atoms with Gasteiger partial charge in [-0.2, -0.15) is 0 Å². The Bertz CT molecular complexity index is 559. The average Bonchev–Trinajstić information content (AvgIpc) is 2.41. The first kappa shape index (κ1) is 13.5. The van der Waals surface area contributed by atoms with E-state index in [2.05, 4.69) is 55.3 Å². The Labute approximate surface area is 115 Å². The minimum absolute atomic E-state index is 0.840. The number of hydrogen-bond acceptors (Lipinski definition) is 3. The third kappa shape index (κ3) is 3.11. The second-order valence-corrected chi connectivity index (χ2v) is 4.98. The normalized spacial score (nSPS) is 10.5. The van der Waals surface area contributed by atoms with Crippen LogP contribution in [-0.4, -0.2) is 16.7 Å². The van der Waals surface area contributed by atoms with E-state index < -0.39 is 0 Å². The zero-order valence-corrected chi connectivity index (χ0v) is 12.1. The van der Waals surface area contributed by atoms with Crippen LogP contribution in [-0.2, 0) is 0 Å². The fourth-order valence-corrected chi connectivity index (χ4v) is 2.06. The largest absolute Gasteiger partial charge is 0.369 e. The molecule has 3 nitrogen and oxygen atoms in total. The maximum Gasteiger partial charge on any atom is 0.148 e. The first-order valence-electron chi connectivity index (χ1n) is 6.77. The number of hydrogen-bond donors (Lipinski definition) is 1. The minimum Gasteiger partial charge on any atom is -0.369 e. The predicted molar refractivity (Wildman–Crippen MR) is 80.5 cm³/mol. The molecule has 100 valence electrons. The quantitative estimate of drug-likeness (QED) is 0.900. The molecule has 0 bridgehead atoms. The van der Waals surface area contributed by atoms with E-state index in [1.54, 1.807) is 0 Å². The number of anilines is 1. The van der Waals surface area contributed by atoms with Gasteiger partial charge in [-0.1, -0.05) is 13.0 Å². The van der Waals surface area contributed by atoms with E-state index in [-0.39, 0.29) is 0 Å². The molecule has 0 spiro atoms. The first-order chi connectivity index (χ1) is 9.11. The zero-order valence-electron chi connectivity index (χ0n) is 12.1. The lowest BCUT2D eigenvalue weighted by atomic mass is 9.99. The Hall–Kier alpha value is -1.90. The molecule has 0 aliphatic heterocycles. The van der Waals surface area contributed by atoms with Crippen molar-refractivity contribution >= 4 is 5.82 Å². The third-order valence-electron chi connectivity index (χ3n) is 3.34. The van der Waals surface area contributed by atoms with E-state index >= 15 is 0 Å². The molecule has 2 aromatic rings. The number of aromatic nitrogens is 2. The van der Waals surface area contributed by atoms with Gasteiger partial charge in [0.15, 0.2) is 0 Å². The fourth-order valence-electron chi connectivity index (χ4n) is 2.06. The van der Waals surface area contributed by atoms with Gasteiger partial charge < -0.3 is 5.32 Å². The molecule has 0 radical (unpaired) electrons. The molecule has 0 amide bonds. The van der Waals surface area contributed by atoms with E-state index in [1.165, 1.54) is 16.7 Å². The average molecular weight is 255 g/mol. The van der Waals surface area contributed by atoms with Crippen LogP contribution >= 0.6 is 0 Å². The highest BCUT2D eigenvalue weighted by Crippen LogP contribution is 2.24. The molecule has 0 fully saturated rings. The molecule has 1 heterocycles. The summed E-state index contributed by atoms with van der Waals surface area (Å²) in [6.07, 6.45) is 1.08. The molecule has 3 heteroatoms. The van der Waals surface area contributed by atoms with Crippen LogP contribution in [0.25, 0.3) is 11.3 Å². The van der Waals surface area contributed by atoms with Crippen LogP contribution in [0, 0.1) is 20.8 Å². The molecule has 19 heavy (non-hydrogen) atoms. The van der Waals surface area contributed by atoms with Gasteiger partial charge in [0, 0.05) is 12.1 Å². The van der Waals surface area contributed by atoms with Gasteiger partial charge in [0.25, 0.3) is 0 Å². The maximum absolute atomic E-state index is 4.32. The Morgan fingerprint density at radius 3 is 2.32 bits per heavy atom. The molecule has 1 aromatic carbocycles. The van der Waals surface area contributed by atoms with Crippen molar-refractivity contribution < 1.29 is 0 Å². The smallest absolute Gasteiger partial charge is 0.148 e. The van der Waals surface area contributed by atoms with Crippen molar-refractivity contribution in [1.82, 2.24) is 10.2 Å². The van der Waals surface area contributed by atoms with Gasteiger partial charge in [0.05, 0.1) is 5.69 Å². The van der Waals surface area contributed by atoms with Crippen molar-refractivity contribution in [2.75, 3.05) is 11.9 Å². The third-order valence-corrected chi connectivity index (χ3v) is 3.34. The molecule has 0 atom stereocenters. The van der Waals surface area contributed by atoms with Crippen molar-refractivity contribution in [3.63, 3.8) is 0 Å². The summed E-state index contributed by atoms with van der Waals surface area (Å²) < 4.78 is 0. The summed E-state index contributed by atoms with van der Waals surface area (Å²) in [5, 5.41) is 11.8. The van der Waals surface area contributed by atoms with E-state index in [9.17, 15) is 0 Å². The molecular formula is C16H21N3. The van der Waals surface area contributed by atoms with Crippen LogP contribution in [0.5, 0.6) is 0 Å². The van der Waals surface area contributed by atoms with Crippen molar-refractivity contribution in [2.24, 2.45) is 0 Å². The summed E-state index contributed by atoms with van der Waals surface area (Å²) >= 11 is 0. The second-order valence-electron chi connectivity index (χ2n) is 4.98.